The molecular weight excluding hydrogens is 292 g/mol. The van der Waals surface area contributed by atoms with E-state index >= 15 is 0 Å². The largest absolute Gasteiger partial charge is 0.492 e. The van der Waals surface area contributed by atoms with Crippen molar-refractivity contribution in [3.63, 3.8) is 0 Å². The lowest BCUT2D eigenvalue weighted by Gasteiger charge is -2.19. The third kappa shape index (κ3) is 5.29. The second kappa shape index (κ2) is 8.17. The van der Waals surface area contributed by atoms with Gasteiger partial charge in [0.2, 0.25) is 0 Å². The molecule has 1 heterocycles. The van der Waals surface area contributed by atoms with Gasteiger partial charge in [0.15, 0.2) is 0 Å². The second-order valence-electron chi connectivity index (χ2n) is 5.47. The molecule has 0 aliphatic rings. The molecule has 0 bridgehead atoms. The Kier molecular flexibility index (Phi) is 5.97. The number of anilines is 1. The summed E-state index contributed by atoms with van der Waals surface area (Å²) in [6, 6.07) is 10.8. The highest BCUT2D eigenvalue weighted by atomic mass is 16.5. The molecule has 23 heavy (non-hydrogen) atoms. The zero-order chi connectivity index (χ0) is 16.7. The molecule has 0 saturated carbocycles. The summed E-state index contributed by atoms with van der Waals surface area (Å²) in [5.74, 6) is 2.39. The van der Waals surface area contributed by atoms with Crippen LogP contribution in [0.1, 0.15) is 24.2 Å². The van der Waals surface area contributed by atoms with Crippen LogP contribution in [0.4, 0.5) is 5.82 Å². The number of benzene rings is 1. The number of hydrogen-bond acceptors (Lipinski definition) is 5. The maximum Gasteiger partial charge on any atom is 0.150 e. The fraction of sp³-hybridized carbons (Fsp3) is 0.333. The van der Waals surface area contributed by atoms with Crippen LogP contribution in [0.25, 0.3) is 0 Å². The number of carbonyl (C=O) groups is 1. The summed E-state index contributed by atoms with van der Waals surface area (Å²) in [5, 5.41) is 0. The van der Waals surface area contributed by atoms with E-state index in [1.165, 1.54) is 0 Å². The van der Waals surface area contributed by atoms with E-state index in [4.69, 9.17) is 9.47 Å². The quantitative estimate of drug-likeness (QED) is 0.700. The Morgan fingerprint density at radius 3 is 2.57 bits per heavy atom. The molecule has 1 aromatic heterocycles. The summed E-state index contributed by atoms with van der Waals surface area (Å²) >= 11 is 0. The van der Waals surface area contributed by atoms with Crippen molar-refractivity contribution >= 4 is 12.1 Å². The molecule has 0 aliphatic carbocycles. The Morgan fingerprint density at radius 1 is 1.17 bits per heavy atom. The number of ether oxygens (including phenoxy) is 2. The van der Waals surface area contributed by atoms with E-state index in [1.807, 2.05) is 37.9 Å². The Labute approximate surface area is 136 Å². The smallest absolute Gasteiger partial charge is 0.150 e. The molecule has 1 aromatic carbocycles. The van der Waals surface area contributed by atoms with Gasteiger partial charge in [-0.2, -0.15) is 0 Å². The van der Waals surface area contributed by atoms with Gasteiger partial charge in [0, 0.05) is 24.9 Å². The molecular formula is C18H22N2O3. The first kappa shape index (κ1) is 16.8. The number of aromatic nitrogens is 1. The fourth-order valence-corrected chi connectivity index (χ4v) is 2.01. The van der Waals surface area contributed by atoms with Gasteiger partial charge in [0.1, 0.15) is 30.2 Å². The molecule has 5 heteroatoms. The van der Waals surface area contributed by atoms with E-state index in [9.17, 15) is 4.79 Å². The predicted molar refractivity (Wildman–Crippen MR) is 90.6 cm³/mol. The van der Waals surface area contributed by atoms with E-state index in [0.29, 0.717) is 18.7 Å². The van der Waals surface area contributed by atoms with Crippen molar-refractivity contribution in [1.29, 1.82) is 0 Å². The third-order valence-corrected chi connectivity index (χ3v) is 3.19. The van der Waals surface area contributed by atoms with Crippen molar-refractivity contribution in [2.45, 2.75) is 20.0 Å². The van der Waals surface area contributed by atoms with Crippen LogP contribution >= 0.6 is 0 Å². The number of likely N-dealkylation sites (N-methyl/N-ethyl adjacent to an activating group) is 1. The first-order valence-corrected chi connectivity index (χ1v) is 7.60. The molecule has 0 atom stereocenters. The van der Waals surface area contributed by atoms with Gasteiger partial charge < -0.3 is 14.4 Å². The minimum absolute atomic E-state index is 0.133. The molecule has 0 amide bonds. The van der Waals surface area contributed by atoms with Crippen LogP contribution in [-0.4, -0.2) is 37.6 Å². The average Bonchev–Trinajstić information content (AvgIpc) is 2.55. The van der Waals surface area contributed by atoms with Crippen LogP contribution in [0.3, 0.4) is 0 Å². The summed E-state index contributed by atoms with van der Waals surface area (Å²) in [4.78, 5) is 17.0. The first-order chi connectivity index (χ1) is 11.1. The summed E-state index contributed by atoms with van der Waals surface area (Å²) in [6.07, 6.45) is 2.69. The summed E-state index contributed by atoms with van der Waals surface area (Å²) in [7, 11) is 1.96. The van der Waals surface area contributed by atoms with Gasteiger partial charge in [0.25, 0.3) is 0 Å². The number of carbonyl (C=O) groups excluding carboxylic acids is 1. The average molecular weight is 314 g/mol. The predicted octanol–water partition coefficient (Wildman–Crippen LogP) is 3.20. The summed E-state index contributed by atoms with van der Waals surface area (Å²) in [6.45, 7) is 5.20. The number of pyridine rings is 1. The molecule has 5 nitrogen and oxygen atoms in total. The lowest BCUT2D eigenvalue weighted by molar-refractivity contribution is 0.112. The highest BCUT2D eigenvalue weighted by molar-refractivity contribution is 5.74. The molecule has 0 spiro atoms. The number of rotatable bonds is 8. The standard InChI is InChI=1S/C18H22N2O3/c1-14(2)23-17-8-9-19-18(12-17)20(3)10-11-22-16-6-4-15(13-21)5-7-16/h4-9,12-14H,10-11H2,1-3H3. The lowest BCUT2D eigenvalue weighted by Crippen LogP contribution is -2.24. The molecule has 2 rings (SSSR count). The minimum Gasteiger partial charge on any atom is -0.492 e. The third-order valence-electron chi connectivity index (χ3n) is 3.19. The highest BCUT2D eigenvalue weighted by Gasteiger charge is 2.06. The van der Waals surface area contributed by atoms with Crippen LogP contribution in [0, 0.1) is 0 Å². The Hall–Kier alpha value is -2.56. The summed E-state index contributed by atoms with van der Waals surface area (Å²) in [5.41, 5.74) is 0.639. The second-order valence-corrected chi connectivity index (χ2v) is 5.47. The lowest BCUT2D eigenvalue weighted by atomic mass is 10.2. The van der Waals surface area contributed by atoms with Crippen LogP contribution in [-0.2, 0) is 0 Å². The normalized spacial score (nSPS) is 10.4. The minimum atomic E-state index is 0.133. The fourth-order valence-electron chi connectivity index (χ4n) is 2.01. The monoisotopic (exact) mass is 314 g/mol. The molecule has 2 aromatic rings. The maximum absolute atomic E-state index is 10.6. The SMILES string of the molecule is CC(C)Oc1ccnc(N(C)CCOc2ccc(C=O)cc2)c1. The molecule has 0 aliphatic heterocycles. The van der Waals surface area contributed by atoms with Crippen LogP contribution in [0.2, 0.25) is 0 Å². The van der Waals surface area contributed by atoms with Crippen molar-refractivity contribution in [2.24, 2.45) is 0 Å². The van der Waals surface area contributed by atoms with E-state index in [0.717, 1.165) is 23.6 Å². The number of nitrogens with zero attached hydrogens (tertiary/aromatic N) is 2. The molecule has 0 unspecified atom stereocenters. The van der Waals surface area contributed by atoms with Gasteiger partial charge in [-0.3, -0.25) is 4.79 Å². The summed E-state index contributed by atoms with van der Waals surface area (Å²) < 4.78 is 11.4. The number of hydrogen-bond donors (Lipinski definition) is 0. The maximum atomic E-state index is 10.6. The van der Waals surface area contributed by atoms with Crippen LogP contribution < -0.4 is 14.4 Å². The van der Waals surface area contributed by atoms with Gasteiger partial charge in [-0.1, -0.05) is 0 Å². The first-order valence-electron chi connectivity index (χ1n) is 7.60. The van der Waals surface area contributed by atoms with Gasteiger partial charge in [-0.25, -0.2) is 4.98 Å². The van der Waals surface area contributed by atoms with Crippen molar-refractivity contribution < 1.29 is 14.3 Å². The van der Waals surface area contributed by atoms with Crippen LogP contribution in [0.15, 0.2) is 42.6 Å². The van der Waals surface area contributed by atoms with Gasteiger partial charge >= 0.3 is 0 Å². The van der Waals surface area contributed by atoms with Gasteiger partial charge in [-0.15, -0.1) is 0 Å². The Balaban J connectivity index is 1.86. The van der Waals surface area contributed by atoms with E-state index in [-0.39, 0.29) is 6.10 Å². The topological polar surface area (TPSA) is 51.7 Å². The Morgan fingerprint density at radius 2 is 1.91 bits per heavy atom. The van der Waals surface area contributed by atoms with E-state index < -0.39 is 0 Å². The zero-order valence-electron chi connectivity index (χ0n) is 13.7. The van der Waals surface area contributed by atoms with Gasteiger partial charge in [0.05, 0.1) is 12.6 Å². The van der Waals surface area contributed by atoms with Crippen molar-refractivity contribution in [3.05, 3.63) is 48.2 Å². The highest BCUT2D eigenvalue weighted by Crippen LogP contribution is 2.18. The molecule has 0 saturated heterocycles. The zero-order valence-corrected chi connectivity index (χ0v) is 13.7. The molecule has 0 radical (unpaired) electrons. The van der Waals surface area contributed by atoms with Gasteiger partial charge in [-0.05, 0) is 44.2 Å². The number of aldehydes is 1. The van der Waals surface area contributed by atoms with E-state index in [2.05, 4.69) is 4.98 Å². The van der Waals surface area contributed by atoms with Crippen molar-refractivity contribution in [1.82, 2.24) is 4.98 Å². The molecule has 0 fully saturated rings. The van der Waals surface area contributed by atoms with E-state index in [1.54, 1.807) is 30.5 Å². The van der Waals surface area contributed by atoms with Crippen molar-refractivity contribution in [3.8, 4) is 11.5 Å². The Bertz CT molecular complexity index is 626. The van der Waals surface area contributed by atoms with Crippen molar-refractivity contribution in [2.75, 3.05) is 25.1 Å². The van der Waals surface area contributed by atoms with Crippen LogP contribution in [0.5, 0.6) is 11.5 Å². The molecule has 122 valence electrons. The molecule has 0 N–H and O–H groups in total.